The molecule has 4 heteroatoms. The Morgan fingerprint density at radius 1 is 0.400 bits per heavy atom. The van der Waals surface area contributed by atoms with Crippen LogP contribution in [0.2, 0.25) is 5.04 Å². The summed E-state index contributed by atoms with van der Waals surface area (Å²) in [6, 6.07) is 72.1. The van der Waals surface area contributed by atoms with Crippen molar-refractivity contribution in [3.05, 3.63) is 205 Å². The smallest absolute Gasteiger partial charge is 0.252 e. The van der Waals surface area contributed by atoms with Crippen LogP contribution >= 0.6 is 0 Å². The van der Waals surface area contributed by atoms with Crippen LogP contribution in [-0.4, -0.2) is 14.8 Å². The Balaban J connectivity index is 1.34. The van der Waals surface area contributed by atoms with E-state index < -0.39 is 8.07 Å². The molecule has 0 spiro atoms. The number of benzene rings is 8. The molecule has 0 aliphatic carbocycles. The third-order valence-electron chi connectivity index (χ3n) is 14.3. The molecule has 2 heterocycles. The Labute approximate surface area is 389 Å². The Kier molecular flexibility index (Phi) is 10.3. The predicted octanol–water partition coefficient (Wildman–Crippen LogP) is 12.6. The van der Waals surface area contributed by atoms with Gasteiger partial charge >= 0.3 is 0 Å². The van der Waals surface area contributed by atoms with Crippen molar-refractivity contribution < 1.29 is 0 Å². The number of nitrogens with zero attached hydrogens (tertiary/aromatic N) is 2. The average Bonchev–Trinajstić information content (AvgIpc) is 3.29. The maximum Gasteiger partial charge on any atom is 0.252 e. The second-order valence-corrected chi connectivity index (χ2v) is 26.3. The number of aryl methyl sites for hydroxylation is 1. The van der Waals surface area contributed by atoms with Gasteiger partial charge in [0.2, 0.25) is 0 Å². The molecule has 65 heavy (non-hydrogen) atoms. The molecule has 0 aromatic heterocycles. The molecule has 10 rings (SSSR count). The fourth-order valence-electron chi connectivity index (χ4n) is 11.2. The molecule has 0 bridgehead atoms. The fourth-order valence-corrected chi connectivity index (χ4v) is 16.9. The van der Waals surface area contributed by atoms with Crippen LogP contribution in [0.1, 0.15) is 79.0 Å². The molecule has 2 nitrogen and oxygen atoms in total. The Morgan fingerprint density at radius 3 is 1.48 bits per heavy atom. The molecular weight excluding hydrogens is 800 g/mol. The average molecular weight is 861 g/mol. The van der Waals surface area contributed by atoms with Crippen LogP contribution in [0, 0.1) is 6.92 Å². The molecule has 2 aliphatic rings. The van der Waals surface area contributed by atoms with E-state index in [9.17, 15) is 0 Å². The molecule has 2 aliphatic heterocycles. The zero-order valence-electron chi connectivity index (χ0n) is 39.9. The van der Waals surface area contributed by atoms with E-state index >= 15 is 0 Å². The number of rotatable bonds is 6. The van der Waals surface area contributed by atoms with Crippen molar-refractivity contribution in [3.63, 3.8) is 0 Å². The van der Waals surface area contributed by atoms with Gasteiger partial charge < -0.3 is 9.80 Å². The van der Waals surface area contributed by atoms with Gasteiger partial charge in [-0.2, -0.15) is 0 Å². The molecule has 0 unspecified atom stereocenters. The third-order valence-corrected chi connectivity index (χ3v) is 20.1. The predicted molar refractivity (Wildman–Crippen MR) is 285 cm³/mol. The van der Waals surface area contributed by atoms with Crippen molar-refractivity contribution in [1.29, 1.82) is 0 Å². The minimum Gasteiger partial charge on any atom is -0.311 e. The topological polar surface area (TPSA) is 6.48 Å². The Morgan fingerprint density at radius 2 is 0.892 bits per heavy atom. The van der Waals surface area contributed by atoms with Crippen LogP contribution in [0.4, 0.5) is 34.1 Å². The number of anilines is 6. The van der Waals surface area contributed by atoms with Gasteiger partial charge in [-0.05, 0) is 119 Å². The van der Waals surface area contributed by atoms with E-state index in [4.69, 9.17) is 0 Å². The quantitative estimate of drug-likeness (QED) is 0.121. The van der Waals surface area contributed by atoms with E-state index in [1.807, 2.05) is 0 Å². The van der Waals surface area contributed by atoms with E-state index in [-0.39, 0.29) is 22.6 Å². The van der Waals surface area contributed by atoms with Gasteiger partial charge in [-0.15, -0.1) is 0 Å². The monoisotopic (exact) mass is 860 g/mol. The van der Waals surface area contributed by atoms with Crippen molar-refractivity contribution >= 4 is 80.9 Å². The molecule has 0 atom stereocenters. The van der Waals surface area contributed by atoms with Gasteiger partial charge in [-0.3, -0.25) is 0 Å². The number of hydrogen-bond acceptors (Lipinski definition) is 2. The van der Waals surface area contributed by atoms with Crippen LogP contribution in [0.3, 0.4) is 0 Å². The van der Waals surface area contributed by atoms with Gasteiger partial charge in [0.25, 0.3) is 6.71 Å². The molecule has 0 fully saturated rings. The number of para-hydroxylation sites is 1. The second-order valence-electron chi connectivity index (χ2n) is 21.5. The summed E-state index contributed by atoms with van der Waals surface area (Å²) in [6.07, 6.45) is 0. The second kappa shape index (κ2) is 15.7. The standard InChI is InChI=1S/C61H61BN2Si/c1-42-38-56-58-57(39-42)64(53-29-21-20-28-50(53)43-22-14-11-15-23-43)55-37-35-49(65(61(8,9)10,47-24-16-12-17-25-47)48-26-18-13-19-27-48)41-52(55)62(58)51-40-45(60(5,6)7)32-36-54(51)63(56)46-33-30-44(31-34-46)59(2,3)4/h11-41H,1-10H3. The lowest BCUT2D eigenvalue weighted by Gasteiger charge is -2.47. The summed E-state index contributed by atoms with van der Waals surface area (Å²) in [6.45, 7) is 23.6. The minimum atomic E-state index is -2.74. The summed E-state index contributed by atoms with van der Waals surface area (Å²) in [4.78, 5) is 5.17. The first-order valence-corrected chi connectivity index (χ1v) is 25.5. The molecule has 8 aromatic rings. The van der Waals surface area contributed by atoms with Gasteiger partial charge in [0, 0.05) is 34.0 Å². The summed E-state index contributed by atoms with van der Waals surface area (Å²) in [5.41, 5.74) is 17.7. The van der Waals surface area contributed by atoms with Crippen molar-refractivity contribution in [2.75, 3.05) is 9.80 Å². The first kappa shape index (κ1) is 42.6. The minimum absolute atomic E-state index is 0.0173. The van der Waals surface area contributed by atoms with Crippen LogP contribution in [0.5, 0.6) is 0 Å². The Hall–Kier alpha value is -6.36. The highest BCUT2D eigenvalue weighted by Crippen LogP contribution is 2.47. The maximum atomic E-state index is 2.67. The summed E-state index contributed by atoms with van der Waals surface area (Å²) >= 11 is 0. The normalized spacial score (nSPS) is 13.6. The molecular formula is C61H61BN2Si. The largest absolute Gasteiger partial charge is 0.311 e. The molecule has 0 amide bonds. The highest BCUT2D eigenvalue weighted by molar-refractivity contribution is 7.13. The maximum absolute atomic E-state index is 2.74. The summed E-state index contributed by atoms with van der Waals surface area (Å²) < 4.78 is 0. The molecule has 0 radical (unpaired) electrons. The zero-order valence-corrected chi connectivity index (χ0v) is 40.9. The number of hydrogen-bond donors (Lipinski definition) is 0. The SMILES string of the molecule is Cc1cc2c3c(c1)N(c1ccccc1-c1ccccc1)c1ccc([Si](c4ccccc4)(c4ccccc4)C(C)(C)C)cc1B3c1cc(C(C)(C)C)ccc1N2c1ccc(C(C)(C)C)cc1. The van der Waals surface area contributed by atoms with E-state index in [0.29, 0.717) is 0 Å². The summed E-state index contributed by atoms with van der Waals surface area (Å²) in [5.74, 6) is 0. The highest BCUT2D eigenvalue weighted by atomic mass is 28.3. The zero-order chi connectivity index (χ0) is 45.5. The van der Waals surface area contributed by atoms with Crippen LogP contribution < -0.4 is 41.7 Å². The summed E-state index contributed by atoms with van der Waals surface area (Å²) in [5, 5.41) is 4.23. The van der Waals surface area contributed by atoms with Crippen molar-refractivity contribution in [3.8, 4) is 11.1 Å². The highest BCUT2D eigenvalue weighted by Gasteiger charge is 2.51. The summed E-state index contributed by atoms with van der Waals surface area (Å²) in [7, 11) is -2.74. The Bertz CT molecular complexity index is 3010. The van der Waals surface area contributed by atoms with Gasteiger partial charge in [-0.1, -0.05) is 208 Å². The fraction of sp³-hybridized carbons (Fsp3) is 0.213. The molecule has 0 saturated carbocycles. The first-order valence-electron chi connectivity index (χ1n) is 23.5. The van der Waals surface area contributed by atoms with Crippen molar-refractivity contribution in [2.24, 2.45) is 0 Å². The number of fused-ring (bicyclic) bond motifs is 4. The van der Waals surface area contributed by atoms with Gasteiger partial charge in [0.05, 0.1) is 5.69 Å². The molecule has 8 aromatic carbocycles. The van der Waals surface area contributed by atoms with Crippen molar-refractivity contribution in [1.82, 2.24) is 0 Å². The third kappa shape index (κ3) is 7.00. The molecule has 0 N–H and O–H groups in total. The van der Waals surface area contributed by atoms with E-state index in [0.717, 1.165) is 0 Å². The van der Waals surface area contributed by atoms with Crippen LogP contribution in [0.15, 0.2) is 188 Å². The molecule has 0 saturated heterocycles. The van der Waals surface area contributed by atoms with Gasteiger partial charge in [0.1, 0.15) is 0 Å². The van der Waals surface area contributed by atoms with Gasteiger partial charge in [0.15, 0.2) is 8.07 Å². The van der Waals surface area contributed by atoms with Crippen molar-refractivity contribution in [2.45, 2.75) is 85.1 Å². The van der Waals surface area contributed by atoms with Crippen LogP contribution in [0.25, 0.3) is 11.1 Å². The van der Waals surface area contributed by atoms with Crippen LogP contribution in [-0.2, 0) is 10.8 Å². The lowest BCUT2D eigenvalue weighted by Crippen LogP contribution is -2.73. The van der Waals surface area contributed by atoms with Gasteiger partial charge in [-0.25, -0.2) is 0 Å². The van der Waals surface area contributed by atoms with E-state index in [1.54, 1.807) is 0 Å². The first-order chi connectivity index (χ1) is 31.1. The van der Waals surface area contributed by atoms with E-state index in [2.05, 4.69) is 267 Å². The lowest BCUT2D eigenvalue weighted by atomic mass is 9.33. The molecule has 322 valence electrons. The lowest BCUT2D eigenvalue weighted by molar-refractivity contribution is 0.590. The van der Waals surface area contributed by atoms with E-state index in [1.165, 1.54) is 93.9 Å².